The first-order valence-electron chi connectivity index (χ1n) is 5.05. The van der Waals surface area contributed by atoms with Crippen molar-refractivity contribution >= 4 is 11.5 Å². The maximum Gasteiger partial charge on any atom is 0.125 e. The Morgan fingerprint density at radius 2 is 2.31 bits per heavy atom. The van der Waals surface area contributed by atoms with E-state index in [1.54, 1.807) is 10.9 Å². The molecule has 0 radical (unpaired) electrons. The van der Waals surface area contributed by atoms with Crippen LogP contribution in [0.3, 0.4) is 0 Å². The minimum absolute atomic E-state index is 0.538. The number of hydrogen-bond acceptors (Lipinski definition) is 4. The highest BCUT2D eigenvalue weighted by Gasteiger charge is 2.04. The van der Waals surface area contributed by atoms with Crippen molar-refractivity contribution in [3.8, 4) is 0 Å². The van der Waals surface area contributed by atoms with Crippen molar-refractivity contribution in [2.75, 3.05) is 17.7 Å². The van der Waals surface area contributed by atoms with Crippen molar-refractivity contribution in [1.82, 2.24) is 14.8 Å². The van der Waals surface area contributed by atoms with Crippen LogP contribution in [-0.2, 0) is 13.6 Å². The molecule has 0 aromatic carbocycles. The lowest BCUT2D eigenvalue weighted by atomic mass is 10.3. The smallest absolute Gasteiger partial charge is 0.125 e. The van der Waals surface area contributed by atoms with Gasteiger partial charge in [-0.05, 0) is 6.07 Å². The number of nitrogens with two attached hydrogens (primary N) is 1. The number of nitrogen functional groups attached to an aromatic ring is 1. The van der Waals surface area contributed by atoms with Crippen LogP contribution in [-0.4, -0.2) is 21.8 Å². The van der Waals surface area contributed by atoms with E-state index < -0.39 is 0 Å². The van der Waals surface area contributed by atoms with Gasteiger partial charge in [-0.2, -0.15) is 5.10 Å². The zero-order valence-corrected chi connectivity index (χ0v) is 9.46. The summed E-state index contributed by atoms with van der Waals surface area (Å²) in [6, 6.07) is 3.79. The predicted molar refractivity (Wildman–Crippen MR) is 64.0 cm³/mol. The average Bonchev–Trinajstić information content (AvgIpc) is 2.64. The third kappa shape index (κ3) is 2.31. The molecule has 84 valence electrons. The van der Waals surface area contributed by atoms with Gasteiger partial charge in [0.15, 0.2) is 0 Å². The zero-order chi connectivity index (χ0) is 11.5. The van der Waals surface area contributed by atoms with E-state index >= 15 is 0 Å². The van der Waals surface area contributed by atoms with Gasteiger partial charge in [0.1, 0.15) is 5.82 Å². The summed E-state index contributed by atoms with van der Waals surface area (Å²) in [7, 11) is 3.93. The molecular formula is C11H15N5. The first-order chi connectivity index (χ1) is 7.65. The van der Waals surface area contributed by atoms with Gasteiger partial charge in [0.25, 0.3) is 0 Å². The van der Waals surface area contributed by atoms with Crippen molar-refractivity contribution in [3.05, 3.63) is 36.3 Å². The molecule has 0 amide bonds. The first-order valence-corrected chi connectivity index (χ1v) is 5.05. The van der Waals surface area contributed by atoms with Gasteiger partial charge in [-0.3, -0.25) is 4.68 Å². The van der Waals surface area contributed by atoms with Crippen LogP contribution in [0.2, 0.25) is 0 Å². The summed E-state index contributed by atoms with van der Waals surface area (Å²) < 4.78 is 1.80. The van der Waals surface area contributed by atoms with Crippen LogP contribution in [0, 0.1) is 0 Å². The topological polar surface area (TPSA) is 60.0 Å². The standard InChI is InChI=1S/C11H15N5/c1-15(7-9-6-14-16(2)8-9)10-3-4-13-11(12)5-10/h3-6,8H,7H2,1-2H3,(H2,12,13). The second kappa shape index (κ2) is 4.22. The Kier molecular flexibility index (Phi) is 2.76. The molecule has 0 atom stereocenters. The van der Waals surface area contributed by atoms with E-state index in [1.807, 2.05) is 38.6 Å². The Morgan fingerprint density at radius 1 is 1.50 bits per heavy atom. The number of rotatable bonds is 3. The number of aromatic nitrogens is 3. The number of anilines is 2. The number of aryl methyl sites for hydroxylation is 1. The summed E-state index contributed by atoms with van der Waals surface area (Å²) in [5.41, 5.74) is 7.86. The van der Waals surface area contributed by atoms with Crippen molar-refractivity contribution < 1.29 is 0 Å². The normalized spacial score (nSPS) is 10.4. The molecule has 0 fully saturated rings. The summed E-state index contributed by atoms with van der Waals surface area (Å²) in [5, 5.41) is 4.13. The molecule has 0 saturated carbocycles. The minimum atomic E-state index is 0.538. The van der Waals surface area contributed by atoms with Crippen molar-refractivity contribution in [2.24, 2.45) is 7.05 Å². The van der Waals surface area contributed by atoms with Crippen LogP contribution in [0.4, 0.5) is 11.5 Å². The Hall–Kier alpha value is -2.04. The van der Waals surface area contributed by atoms with Gasteiger partial charge in [-0.1, -0.05) is 0 Å². The van der Waals surface area contributed by atoms with E-state index in [1.165, 1.54) is 5.56 Å². The van der Waals surface area contributed by atoms with Gasteiger partial charge in [-0.25, -0.2) is 4.98 Å². The van der Waals surface area contributed by atoms with Gasteiger partial charge < -0.3 is 10.6 Å². The highest BCUT2D eigenvalue weighted by Crippen LogP contribution is 2.16. The molecule has 0 aliphatic rings. The molecule has 0 spiro atoms. The molecule has 0 aliphatic carbocycles. The van der Waals surface area contributed by atoms with Gasteiger partial charge in [0, 0.05) is 50.4 Å². The quantitative estimate of drug-likeness (QED) is 0.834. The van der Waals surface area contributed by atoms with Crippen LogP contribution in [0.15, 0.2) is 30.7 Å². The van der Waals surface area contributed by atoms with E-state index in [-0.39, 0.29) is 0 Å². The Morgan fingerprint density at radius 3 is 2.94 bits per heavy atom. The second-order valence-electron chi connectivity index (χ2n) is 3.82. The zero-order valence-electron chi connectivity index (χ0n) is 9.46. The Bertz CT molecular complexity index is 477. The molecule has 2 N–H and O–H groups in total. The Balaban J connectivity index is 2.11. The fraction of sp³-hybridized carbons (Fsp3) is 0.273. The van der Waals surface area contributed by atoms with Crippen molar-refractivity contribution in [3.63, 3.8) is 0 Å². The molecule has 0 aliphatic heterocycles. The lowest BCUT2D eigenvalue weighted by molar-refractivity contribution is 0.766. The molecule has 0 saturated heterocycles. The maximum absolute atomic E-state index is 5.64. The SMILES string of the molecule is CN(Cc1cnn(C)c1)c1ccnc(N)c1. The van der Waals surface area contributed by atoms with Crippen molar-refractivity contribution in [1.29, 1.82) is 0 Å². The molecule has 5 heteroatoms. The fourth-order valence-electron chi connectivity index (χ4n) is 1.59. The van der Waals surface area contributed by atoms with E-state index in [2.05, 4.69) is 15.0 Å². The van der Waals surface area contributed by atoms with Gasteiger partial charge >= 0.3 is 0 Å². The van der Waals surface area contributed by atoms with Crippen LogP contribution >= 0.6 is 0 Å². The summed E-state index contributed by atoms with van der Waals surface area (Å²) >= 11 is 0. The predicted octanol–water partition coefficient (Wildman–Crippen LogP) is 1.03. The fourth-order valence-corrected chi connectivity index (χ4v) is 1.59. The molecule has 0 unspecified atom stereocenters. The summed E-state index contributed by atoms with van der Waals surface area (Å²) in [6.07, 6.45) is 5.58. The molecule has 2 rings (SSSR count). The molecular weight excluding hydrogens is 202 g/mol. The lowest BCUT2D eigenvalue weighted by Gasteiger charge is -2.18. The molecule has 2 heterocycles. The van der Waals surface area contributed by atoms with Gasteiger partial charge in [0.2, 0.25) is 0 Å². The number of pyridine rings is 1. The lowest BCUT2D eigenvalue weighted by Crippen LogP contribution is -2.16. The minimum Gasteiger partial charge on any atom is -0.384 e. The van der Waals surface area contributed by atoms with Crippen LogP contribution < -0.4 is 10.6 Å². The molecule has 0 bridgehead atoms. The van der Waals surface area contributed by atoms with Gasteiger partial charge in [0.05, 0.1) is 6.20 Å². The number of nitrogens with zero attached hydrogens (tertiary/aromatic N) is 4. The van der Waals surface area contributed by atoms with Crippen LogP contribution in [0.1, 0.15) is 5.56 Å². The van der Waals surface area contributed by atoms with Gasteiger partial charge in [-0.15, -0.1) is 0 Å². The van der Waals surface area contributed by atoms with E-state index in [0.29, 0.717) is 5.82 Å². The van der Waals surface area contributed by atoms with E-state index in [4.69, 9.17) is 5.73 Å². The summed E-state index contributed by atoms with van der Waals surface area (Å²) in [4.78, 5) is 6.07. The largest absolute Gasteiger partial charge is 0.384 e. The average molecular weight is 217 g/mol. The molecule has 16 heavy (non-hydrogen) atoms. The summed E-state index contributed by atoms with van der Waals surface area (Å²) in [6.45, 7) is 0.803. The molecule has 5 nitrogen and oxygen atoms in total. The third-order valence-corrected chi connectivity index (χ3v) is 2.38. The molecule has 2 aromatic heterocycles. The molecule has 2 aromatic rings. The van der Waals surface area contributed by atoms with E-state index in [9.17, 15) is 0 Å². The highest BCUT2D eigenvalue weighted by molar-refractivity contribution is 5.51. The number of hydrogen-bond donors (Lipinski definition) is 1. The van der Waals surface area contributed by atoms with E-state index in [0.717, 1.165) is 12.2 Å². The monoisotopic (exact) mass is 217 g/mol. The maximum atomic E-state index is 5.64. The second-order valence-corrected chi connectivity index (χ2v) is 3.82. The van der Waals surface area contributed by atoms with Crippen LogP contribution in [0.5, 0.6) is 0 Å². The summed E-state index contributed by atoms with van der Waals surface area (Å²) in [5.74, 6) is 0.538. The Labute approximate surface area is 94.5 Å². The van der Waals surface area contributed by atoms with Crippen LogP contribution in [0.25, 0.3) is 0 Å². The third-order valence-electron chi connectivity index (χ3n) is 2.38. The van der Waals surface area contributed by atoms with Crippen molar-refractivity contribution in [2.45, 2.75) is 6.54 Å². The first kappa shape index (κ1) is 10.5. The highest BCUT2D eigenvalue weighted by atomic mass is 15.2.